The van der Waals surface area contributed by atoms with Crippen molar-refractivity contribution < 1.29 is 18.7 Å². The van der Waals surface area contributed by atoms with E-state index in [1.807, 2.05) is 25.1 Å². The third kappa shape index (κ3) is 2.99. The molecule has 0 aromatic heterocycles. The number of halogens is 1. The topological polar surface area (TPSA) is 47.9 Å². The van der Waals surface area contributed by atoms with Gasteiger partial charge in [-0.05, 0) is 37.3 Å². The maximum atomic E-state index is 13.8. The van der Waals surface area contributed by atoms with Crippen LogP contribution in [0.1, 0.15) is 16.7 Å². The SMILES string of the molecule is COc1ccc(C)cc1/C=C1/N=C(c2ccccc2F)OC1=O. The van der Waals surface area contributed by atoms with Crippen molar-refractivity contribution >= 4 is 17.9 Å². The van der Waals surface area contributed by atoms with Crippen LogP contribution in [0.2, 0.25) is 0 Å². The Hall–Kier alpha value is -2.95. The van der Waals surface area contributed by atoms with Crippen LogP contribution in [0.3, 0.4) is 0 Å². The van der Waals surface area contributed by atoms with Crippen LogP contribution in [0, 0.1) is 12.7 Å². The zero-order valence-electron chi connectivity index (χ0n) is 12.7. The van der Waals surface area contributed by atoms with Crippen molar-refractivity contribution in [3.8, 4) is 5.75 Å². The summed E-state index contributed by atoms with van der Waals surface area (Å²) in [5.74, 6) is -0.531. The quantitative estimate of drug-likeness (QED) is 0.644. The first-order valence-electron chi connectivity index (χ1n) is 7.00. The van der Waals surface area contributed by atoms with Crippen molar-refractivity contribution in [2.24, 2.45) is 4.99 Å². The van der Waals surface area contributed by atoms with E-state index in [4.69, 9.17) is 9.47 Å². The molecular weight excluding hydrogens is 297 g/mol. The highest BCUT2D eigenvalue weighted by Gasteiger charge is 2.26. The van der Waals surface area contributed by atoms with Crippen LogP contribution < -0.4 is 4.74 Å². The van der Waals surface area contributed by atoms with Crippen molar-refractivity contribution in [2.75, 3.05) is 7.11 Å². The highest BCUT2D eigenvalue weighted by Crippen LogP contribution is 2.26. The molecule has 23 heavy (non-hydrogen) atoms. The largest absolute Gasteiger partial charge is 0.496 e. The van der Waals surface area contributed by atoms with E-state index < -0.39 is 11.8 Å². The molecule has 0 unspecified atom stereocenters. The minimum Gasteiger partial charge on any atom is -0.496 e. The maximum absolute atomic E-state index is 13.8. The first-order valence-corrected chi connectivity index (χ1v) is 7.00. The van der Waals surface area contributed by atoms with Gasteiger partial charge in [0.2, 0.25) is 5.90 Å². The van der Waals surface area contributed by atoms with E-state index in [0.717, 1.165) is 5.56 Å². The highest BCUT2D eigenvalue weighted by molar-refractivity contribution is 6.13. The Balaban J connectivity index is 2.02. The van der Waals surface area contributed by atoms with Crippen LogP contribution in [0.15, 0.2) is 53.2 Å². The summed E-state index contributed by atoms with van der Waals surface area (Å²) < 4.78 is 24.1. The van der Waals surface area contributed by atoms with Gasteiger partial charge in [0, 0.05) is 5.56 Å². The first kappa shape index (κ1) is 15.0. The van der Waals surface area contributed by atoms with Crippen molar-refractivity contribution in [1.29, 1.82) is 0 Å². The summed E-state index contributed by atoms with van der Waals surface area (Å²) in [7, 11) is 1.55. The number of cyclic esters (lactones) is 1. The molecular formula is C18H14FNO3. The van der Waals surface area contributed by atoms with Gasteiger partial charge in [-0.1, -0.05) is 23.8 Å². The van der Waals surface area contributed by atoms with E-state index in [1.165, 1.54) is 12.1 Å². The van der Waals surface area contributed by atoms with Gasteiger partial charge in [0.05, 0.1) is 12.7 Å². The summed E-state index contributed by atoms with van der Waals surface area (Å²) in [6.07, 6.45) is 1.57. The third-order valence-electron chi connectivity index (χ3n) is 3.40. The second-order valence-electron chi connectivity index (χ2n) is 5.06. The normalized spacial score (nSPS) is 15.5. The van der Waals surface area contributed by atoms with Crippen LogP contribution in [0.5, 0.6) is 5.75 Å². The van der Waals surface area contributed by atoms with Gasteiger partial charge >= 0.3 is 5.97 Å². The maximum Gasteiger partial charge on any atom is 0.363 e. The number of nitrogens with zero attached hydrogens (tertiary/aromatic N) is 1. The van der Waals surface area contributed by atoms with E-state index in [1.54, 1.807) is 25.3 Å². The number of carbonyl (C=O) groups excluding carboxylic acids is 1. The summed E-state index contributed by atoms with van der Waals surface area (Å²) in [6, 6.07) is 11.6. The fraction of sp³-hybridized carbons (Fsp3) is 0.111. The second kappa shape index (κ2) is 6.04. The summed E-state index contributed by atoms with van der Waals surface area (Å²) in [5, 5.41) is 0. The lowest BCUT2D eigenvalue weighted by Crippen LogP contribution is -2.07. The summed E-state index contributed by atoms with van der Waals surface area (Å²) in [5.41, 5.74) is 1.98. The molecule has 4 nitrogen and oxygen atoms in total. The summed E-state index contributed by atoms with van der Waals surface area (Å²) in [6.45, 7) is 1.93. The van der Waals surface area contributed by atoms with Crippen LogP contribution in [0.25, 0.3) is 6.08 Å². The molecule has 0 fully saturated rings. The Morgan fingerprint density at radius 1 is 1.22 bits per heavy atom. The van der Waals surface area contributed by atoms with Gasteiger partial charge in [-0.2, -0.15) is 0 Å². The summed E-state index contributed by atoms with van der Waals surface area (Å²) in [4.78, 5) is 16.1. The number of benzene rings is 2. The van der Waals surface area contributed by atoms with E-state index >= 15 is 0 Å². The average Bonchev–Trinajstić information content (AvgIpc) is 2.89. The van der Waals surface area contributed by atoms with Gasteiger partial charge in [0.1, 0.15) is 11.6 Å². The predicted molar refractivity (Wildman–Crippen MR) is 84.7 cm³/mol. The Morgan fingerprint density at radius 3 is 2.74 bits per heavy atom. The Morgan fingerprint density at radius 2 is 2.00 bits per heavy atom. The zero-order valence-corrected chi connectivity index (χ0v) is 12.7. The van der Waals surface area contributed by atoms with Crippen LogP contribution in [0.4, 0.5) is 4.39 Å². The molecule has 0 amide bonds. The molecule has 0 aliphatic carbocycles. The number of carbonyl (C=O) groups is 1. The van der Waals surface area contributed by atoms with Crippen LogP contribution in [-0.4, -0.2) is 19.0 Å². The van der Waals surface area contributed by atoms with E-state index in [-0.39, 0.29) is 17.2 Å². The zero-order chi connectivity index (χ0) is 16.4. The fourth-order valence-corrected chi connectivity index (χ4v) is 2.27. The number of esters is 1. The molecule has 0 N–H and O–H groups in total. The molecule has 0 bridgehead atoms. The molecule has 0 spiro atoms. The molecule has 116 valence electrons. The van der Waals surface area contributed by atoms with Crippen LogP contribution >= 0.6 is 0 Å². The van der Waals surface area contributed by atoms with E-state index in [0.29, 0.717) is 11.3 Å². The van der Waals surface area contributed by atoms with E-state index in [9.17, 15) is 9.18 Å². The van der Waals surface area contributed by atoms with Crippen molar-refractivity contribution in [2.45, 2.75) is 6.92 Å². The van der Waals surface area contributed by atoms with Gasteiger partial charge in [-0.3, -0.25) is 0 Å². The predicted octanol–water partition coefficient (Wildman–Crippen LogP) is 3.49. The van der Waals surface area contributed by atoms with Gasteiger partial charge in [0.15, 0.2) is 5.70 Å². The smallest absolute Gasteiger partial charge is 0.363 e. The first-order chi connectivity index (χ1) is 11.1. The van der Waals surface area contributed by atoms with Gasteiger partial charge in [-0.25, -0.2) is 14.2 Å². The lowest BCUT2D eigenvalue weighted by Gasteiger charge is -2.05. The molecule has 5 heteroatoms. The molecule has 0 atom stereocenters. The number of hydrogen-bond donors (Lipinski definition) is 0. The lowest BCUT2D eigenvalue weighted by atomic mass is 10.1. The highest BCUT2D eigenvalue weighted by atomic mass is 19.1. The molecule has 2 aromatic carbocycles. The van der Waals surface area contributed by atoms with Crippen LogP contribution in [-0.2, 0) is 9.53 Å². The Labute approximate surface area is 132 Å². The van der Waals surface area contributed by atoms with E-state index in [2.05, 4.69) is 4.99 Å². The average molecular weight is 311 g/mol. The number of aliphatic imine (C=N–C) groups is 1. The van der Waals surface area contributed by atoms with Gasteiger partial charge in [-0.15, -0.1) is 0 Å². The molecule has 1 aliphatic heterocycles. The number of hydrogen-bond acceptors (Lipinski definition) is 4. The van der Waals surface area contributed by atoms with Gasteiger partial charge in [0.25, 0.3) is 0 Å². The minimum atomic E-state index is -0.619. The number of aryl methyl sites for hydroxylation is 1. The Bertz CT molecular complexity index is 840. The Kier molecular flexibility index (Phi) is 3.93. The molecule has 0 saturated heterocycles. The molecule has 3 rings (SSSR count). The number of ether oxygens (including phenoxy) is 2. The van der Waals surface area contributed by atoms with Gasteiger partial charge < -0.3 is 9.47 Å². The molecule has 1 aliphatic rings. The molecule has 1 heterocycles. The molecule has 2 aromatic rings. The minimum absolute atomic E-state index is 0.0361. The fourth-order valence-electron chi connectivity index (χ4n) is 2.27. The van der Waals surface area contributed by atoms with Crippen molar-refractivity contribution in [3.05, 3.63) is 70.7 Å². The number of methoxy groups -OCH3 is 1. The third-order valence-corrected chi connectivity index (χ3v) is 3.40. The second-order valence-corrected chi connectivity index (χ2v) is 5.06. The number of rotatable bonds is 3. The monoisotopic (exact) mass is 311 g/mol. The van der Waals surface area contributed by atoms with Crippen molar-refractivity contribution in [3.63, 3.8) is 0 Å². The standard InChI is InChI=1S/C18H14FNO3/c1-11-7-8-16(22-2)12(9-11)10-15-18(21)23-17(20-15)13-5-3-4-6-14(13)19/h3-10H,1-2H3/b15-10+. The van der Waals surface area contributed by atoms with Crippen molar-refractivity contribution in [1.82, 2.24) is 0 Å². The lowest BCUT2D eigenvalue weighted by molar-refractivity contribution is -0.129. The summed E-state index contributed by atoms with van der Waals surface area (Å²) >= 11 is 0. The molecule has 0 radical (unpaired) electrons. The molecule has 0 saturated carbocycles.